The van der Waals surface area contributed by atoms with E-state index in [-0.39, 0.29) is 5.78 Å². The molecule has 5 nitrogen and oxygen atoms in total. The highest BCUT2D eigenvalue weighted by Crippen LogP contribution is 2.31. The van der Waals surface area contributed by atoms with Crippen LogP contribution in [0.2, 0.25) is 0 Å². The quantitative estimate of drug-likeness (QED) is 0.356. The molecule has 0 aliphatic carbocycles. The molecule has 0 amide bonds. The van der Waals surface area contributed by atoms with Gasteiger partial charge in [0.05, 0.1) is 11.4 Å². The summed E-state index contributed by atoms with van der Waals surface area (Å²) in [5.74, 6) is -1.74. The standard InChI is InChI=1S/C23H16N2O3S/c26-22(18-11-13-4-1-2-5-16(13)24-18)19-12-15-10-14(7-8-17(15)25-19)21(23(27)28)20-6-3-9-29-20/h1-12,21,24-25H,(H,27,28). The largest absolute Gasteiger partial charge is 0.481 e. The Bertz CT molecular complexity index is 1330. The third-order valence-electron chi connectivity index (χ3n) is 5.07. The number of para-hydroxylation sites is 1. The van der Waals surface area contributed by atoms with Crippen LogP contribution in [0, 0.1) is 0 Å². The number of ketones is 1. The van der Waals surface area contributed by atoms with E-state index in [1.807, 2.05) is 60.0 Å². The van der Waals surface area contributed by atoms with Crippen molar-refractivity contribution in [3.63, 3.8) is 0 Å². The molecular formula is C23H16N2O3S. The molecule has 0 aliphatic rings. The lowest BCUT2D eigenvalue weighted by Crippen LogP contribution is -2.11. The van der Waals surface area contributed by atoms with Crippen LogP contribution >= 0.6 is 11.3 Å². The van der Waals surface area contributed by atoms with Gasteiger partial charge in [0.15, 0.2) is 0 Å². The van der Waals surface area contributed by atoms with Crippen molar-refractivity contribution in [2.24, 2.45) is 0 Å². The molecule has 1 atom stereocenters. The first-order valence-corrected chi connectivity index (χ1v) is 9.99. The Labute approximate surface area is 169 Å². The van der Waals surface area contributed by atoms with Crippen molar-refractivity contribution in [2.45, 2.75) is 5.92 Å². The van der Waals surface area contributed by atoms with Gasteiger partial charge in [-0.1, -0.05) is 30.3 Å². The van der Waals surface area contributed by atoms with Crippen molar-refractivity contribution in [1.82, 2.24) is 9.97 Å². The zero-order chi connectivity index (χ0) is 20.0. The molecule has 2 aromatic carbocycles. The van der Waals surface area contributed by atoms with Crippen LogP contribution in [0.15, 0.2) is 72.1 Å². The van der Waals surface area contributed by atoms with E-state index < -0.39 is 11.9 Å². The Morgan fingerprint density at radius 2 is 1.55 bits per heavy atom. The maximum atomic E-state index is 12.9. The van der Waals surface area contributed by atoms with Crippen LogP contribution in [0.5, 0.6) is 0 Å². The topological polar surface area (TPSA) is 85.9 Å². The average molecular weight is 400 g/mol. The average Bonchev–Trinajstić information content (AvgIpc) is 3.45. The number of carbonyl (C=O) groups excluding carboxylic acids is 1. The first-order chi connectivity index (χ1) is 14.1. The highest BCUT2D eigenvalue weighted by Gasteiger charge is 2.24. The van der Waals surface area contributed by atoms with Gasteiger partial charge in [0.1, 0.15) is 5.92 Å². The minimum absolute atomic E-state index is 0.132. The number of nitrogens with one attached hydrogen (secondary N) is 2. The SMILES string of the molecule is O=C(c1cc2ccccc2[nH]1)c1cc2cc(C(C(=O)O)c3cccs3)ccc2[nH]1. The van der Waals surface area contributed by atoms with Gasteiger partial charge < -0.3 is 15.1 Å². The van der Waals surface area contributed by atoms with E-state index in [4.69, 9.17) is 0 Å². The van der Waals surface area contributed by atoms with Crippen molar-refractivity contribution < 1.29 is 14.7 Å². The van der Waals surface area contributed by atoms with E-state index in [1.54, 1.807) is 12.1 Å². The lowest BCUT2D eigenvalue weighted by Gasteiger charge is -2.11. The van der Waals surface area contributed by atoms with E-state index in [1.165, 1.54) is 11.3 Å². The van der Waals surface area contributed by atoms with Crippen LogP contribution in [0.3, 0.4) is 0 Å². The molecule has 0 aliphatic heterocycles. The molecule has 0 bridgehead atoms. The second-order valence-electron chi connectivity index (χ2n) is 6.92. The molecule has 0 radical (unpaired) electrons. The van der Waals surface area contributed by atoms with Gasteiger partial charge in [0.2, 0.25) is 5.78 Å². The predicted molar refractivity (Wildman–Crippen MR) is 114 cm³/mol. The van der Waals surface area contributed by atoms with Crippen molar-refractivity contribution in [3.05, 3.63) is 93.9 Å². The van der Waals surface area contributed by atoms with Crippen molar-refractivity contribution in [2.75, 3.05) is 0 Å². The third-order valence-corrected chi connectivity index (χ3v) is 6.01. The molecule has 3 heterocycles. The second kappa shape index (κ2) is 6.76. The molecular weight excluding hydrogens is 384 g/mol. The number of hydrogen-bond donors (Lipinski definition) is 3. The molecule has 0 saturated heterocycles. The van der Waals surface area contributed by atoms with Crippen molar-refractivity contribution in [3.8, 4) is 0 Å². The number of benzene rings is 2. The summed E-state index contributed by atoms with van der Waals surface area (Å²) in [6.45, 7) is 0. The number of carboxylic acid groups (broad SMARTS) is 1. The molecule has 3 N–H and O–H groups in total. The number of H-pyrrole nitrogens is 2. The van der Waals surface area contributed by atoms with Crippen LogP contribution < -0.4 is 0 Å². The zero-order valence-electron chi connectivity index (χ0n) is 15.2. The van der Waals surface area contributed by atoms with Gasteiger partial charge in [-0.15, -0.1) is 11.3 Å². The summed E-state index contributed by atoms with van der Waals surface area (Å²) in [6.07, 6.45) is 0. The number of rotatable bonds is 5. The Hall–Kier alpha value is -3.64. The summed E-state index contributed by atoms with van der Waals surface area (Å²) in [5.41, 5.74) is 3.38. The normalized spacial score (nSPS) is 12.4. The number of carbonyl (C=O) groups is 2. The smallest absolute Gasteiger partial charge is 0.316 e. The van der Waals surface area contributed by atoms with E-state index in [2.05, 4.69) is 9.97 Å². The van der Waals surface area contributed by atoms with Gasteiger partial charge in [-0.25, -0.2) is 0 Å². The number of hydrogen-bond acceptors (Lipinski definition) is 3. The fraction of sp³-hybridized carbons (Fsp3) is 0.0435. The fourth-order valence-corrected chi connectivity index (χ4v) is 4.52. The van der Waals surface area contributed by atoms with E-state index in [0.29, 0.717) is 17.0 Å². The molecule has 29 heavy (non-hydrogen) atoms. The Morgan fingerprint density at radius 1 is 0.828 bits per heavy atom. The first kappa shape index (κ1) is 17.5. The van der Waals surface area contributed by atoms with Gasteiger partial charge >= 0.3 is 5.97 Å². The Morgan fingerprint density at radius 3 is 2.24 bits per heavy atom. The van der Waals surface area contributed by atoms with Gasteiger partial charge in [0.25, 0.3) is 0 Å². The van der Waals surface area contributed by atoms with Gasteiger partial charge in [-0.3, -0.25) is 9.59 Å². The second-order valence-corrected chi connectivity index (χ2v) is 7.90. The lowest BCUT2D eigenvalue weighted by atomic mass is 9.96. The monoisotopic (exact) mass is 400 g/mol. The summed E-state index contributed by atoms with van der Waals surface area (Å²) >= 11 is 1.42. The molecule has 5 rings (SSSR count). The van der Waals surface area contributed by atoms with E-state index >= 15 is 0 Å². The molecule has 142 valence electrons. The Balaban J connectivity index is 1.53. The fourth-order valence-electron chi connectivity index (χ4n) is 3.68. The first-order valence-electron chi connectivity index (χ1n) is 9.11. The highest BCUT2D eigenvalue weighted by atomic mass is 32.1. The summed E-state index contributed by atoms with van der Waals surface area (Å²) in [7, 11) is 0. The highest BCUT2D eigenvalue weighted by molar-refractivity contribution is 7.10. The van der Waals surface area contributed by atoms with E-state index in [9.17, 15) is 14.7 Å². The summed E-state index contributed by atoms with van der Waals surface area (Å²) in [6, 6.07) is 20.5. The number of carboxylic acids is 1. The lowest BCUT2D eigenvalue weighted by molar-refractivity contribution is -0.137. The van der Waals surface area contributed by atoms with E-state index in [0.717, 1.165) is 26.7 Å². The maximum absolute atomic E-state index is 12.9. The third kappa shape index (κ3) is 3.03. The Kier molecular flexibility index (Phi) is 4.07. The summed E-state index contributed by atoms with van der Waals surface area (Å²) in [5, 5.41) is 13.4. The molecule has 3 aromatic heterocycles. The predicted octanol–water partition coefficient (Wildman–Crippen LogP) is 5.16. The number of fused-ring (bicyclic) bond motifs is 2. The number of thiophene rings is 1. The molecule has 0 fully saturated rings. The number of aliphatic carboxylic acids is 1. The molecule has 0 saturated carbocycles. The summed E-state index contributed by atoms with van der Waals surface area (Å²) < 4.78 is 0. The van der Waals surface area contributed by atoms with Crippen LogP contribution in [-0.2, 0) is 4.79 Å². The van der Waals surface area contributed by atoms with Gasteiger partial charge in [0, 0.05) is 26.7 Å². The summed E-state index contributed by atoms with van der Waals surface area (Å²) in [4.78, 5) is 31.9. The van der Waals surface area contributed by atoms with Gasteiger partial charge in [-0.05, 0) is 47.3 Å². The van der Waals surface area contributed by atoms with Crippen molar-refractivity contribution in [1.29, 1.82) is 0 Å². The number of aromatic nitrogens is 2. The number of aromatic amines is 2. The van der Waals surface area contributed by atoms with Crippen LogP contribution in [-0.4, -0.2) is 26.8 Å². The molecule has 5 aromatic rings. The van der Waals surface area contributed by atoms with Crippen LogP contribution in [0.25, 0.3) is 21.8 Å². The molecule has 0 spiro atoms. The van der Waals surface area contributed by atoms with Crippen LogP contribution in [0.4, 0.5) is 0 Å². The molecule has 6 heteroatoms. The molecule has 1 unspecified atom stereocenters. The minimum Gasteiger partial charge on any atom is -0.481 e. The maximum Gasteiger partial charge on any atom is 0.316 e. The van der Waals surface area contributed by atoms with Crippen LogP contribution in [0.1, 0.15) is 32.5 Å². The minimum atomic E-state index is -0.892. The zero-order valence-corrected chi connectivity index (χ0v) is 16.0. The van der Waals surface area contributed by atoms with Crippen molar-refractivity contribution >= 4 is 44.9 Å². The van der Waals surface area contributed by atoms with Gasteiger partial charge in [-0.2, -0.15) is 0 Å².